The number of hydrogen-bond acceptors (Lipinski definition) is 4. The summed E-state index contributed by atoms with van der Waals surface area (Å²) in [7, 11) is 2.14. The fraction of sp³-hybridized carbons (Fsp3) is 0.889. The Morgan fingerprint density at radius 1 is 1.16 bits per heavy atom. The van der Waals surface area contributed by atoms with Gasteiger partial charge in [-0.3, -0.25) is 4.99 Å². The molecule has 0 aliphatic heterocycles. The predicted octanol–water partition coefficient (Wildman–Crippen LogP) is 2.19. The van der Waals surface area contributed by atoms with Gasteiger partial charge >= 0.3 is 6.09 Å². The first kappa shape index (κ1) is 23.5. The summed E-state index contributed by atoms with van der Waals surface area (Å²) in [6.07, 6.45) is 1.53. The molecule has 148 valence electrons. The second-order valence-corrected chi connectivity index (χ2v) is 7.21. The van der Waals surface area contributed by atoms with E-state index in [0.29, 0.717) is 19.1 Å². The van der Waals surface area contributed by atoms with E-state index < -0.39 is 5.60 Å². The number of hydrogen-bond donors (Lipinski definition) is 3. The SMILES string of the molecule is CCNC(=NCCCNC(=O)OC(C)(C)C)NCCN(C)C(C)CC. The first-order valence-corrected chi connectivity index (χ1v) is 9.38. The van der Waals surface area contributed by atoms with Crippen LogP contribution in [0.1, 0.15) is 54.4 Å². The van der Waals surface area contributed by atoms with Crippen molar-refractivity contribution in [2.45, 2.75) is 66.0 Å². The largest absolute Gasteiger partial charge is 0.444 e. The number of rotatable bonds is 10. The Kier molecular flexibility index (Phi) is 12.0. The van der Waals surface area contributed by atoms with Crippen LogP contribution < -0.4 is 16.0 Å². The third kappa shape index (κ3) is 13.5. The van der Waals surface area contributed by atoms with E-state index in [1.54, 1.807) is 0 Å². The van der Waals surface area contributed by atoms with Gasteiger partial charge in [0.25, 0.3) is 0 Å². The third-order valence-electron chi connectivity index (χ3n) is 3.72. The third-order valence-corrected chi connectivity index (χ3v) is 3.72. The molecule has 0 heterocycles. The molecule has 1 amide bonds. The predicted molar refractivity (Wildman–Crippen MR) is 105 cm³/mol. The minimum atomic E-state index is -0.465. The van der Waals surface area contributed by atoms with E-state index in [4.69, 9.17) is 4.74 Å². The standard InChI is InChI=1S/C18H39N5O2/c1-8-15(3)23(7)14-13-21-16(19-9-2)20-11-10-12-22-17(24)25-18(4,5)6/h15H,8-14H2,1-7H3,(H,22,24)(H2,19,20,21). The molecule has 0 radical (unpaired) electrons. The van der Waals surface area contributed by atoms with E-state index in [0.717, 1.165) is 38.4 Å². The minimum absolute atomic E-state index is 0.380. The maximum atomic E-state index is 11.5. The minimum Gasteiger partial charge on any atom is -0.444 e. The molecular formula is C18H39N5O2. The number of nitrogens with one attached hydrogen (secondary N) is 3. The highest BCUT2D eigenvalue weighted by Crippen LogP contribution is 2.06. The quantitative estimate of drug-likeness (QED) is 0.317. The van der Waals surface area contributed by atoms with Crippen LogP contribution in [0.5, 0.6) is 0 Å². The summed E-state index contributed by atoms with van der Waals surface area (Å²) in [5.41, 5.74) is -0.465. The molecule has 25 heavy (non-hydrogen) atoms. The smallest absolute Gasteiger partial charge is 0.407 e. The summed E-state index contributed by atoms with van der Waals surface area (Å²) in [4.78, 5) is 18.4. The highest BCUT2D eigenvalue weighted by molar-refractivity contribution is 5.79. The molecule has 0 aliphatic carbocycles. The molecule has 0 saturated heterocycles. The molecule has 1 atom stereocenters. The van der Waals surface area contributed by atoms with Gasteiger partial charge in [-0.05, 0) is 54.5 Å². The maximum absolute atomic E-state index is 11.5. The molecule has 0 spiro atoms. The first-order chi connectivity index (χ1) is 11.7. The molecule has 0 aromatic rings. The Morgan fingerprint density at radius 3 is 2.40 bits per heavy atom. The number of likely N-dealkylation sites (N-methyl/N-ethyl adjacent to an activating group) is 1. The zero-order chi connectivity index (χ0) is 19.3. The van der Waals surface area contributed by atoms with Crippen LogP contribution >= 0.6 is 0 Å². The van der Waals surface area contributed by atoms with Crippen molar-refractivity contribution in [3.8, 4) is 0 Å². The van der Waals surface area contributed by atoms with E-state index in [1.165, 1.54) is 0 Å². The van der Waals surface area contributed by atoms with Gasteiger partial charge in [-0.1, -0.05) is 6.92 Å². The molecular weight excluding hydrogens is 318 g/mol. The van der Waals surface area contributed by atoms with E-state index in [-0.39, 0.29) is 6.09 Å². The first-order valence-electron chi connectivity index (χ1n) is 9.38. The molecule has 0 aromatic heterocycles. The van der Waals surface area contributed by atoms with Crippen molar-refractivity contribution in [2.24, 2.45) is 4.99 Å². The van der Waals surface area contributed by atoms with Gasteiger partial charge in [0, 0.05) is 38.8 Å². The molecule has 0 fully saturated rings. The molecule has 0 saturated carbocycles. The fourth-order valence-corrected chi connectivity index (χ4v) is 2.00. The normalized spacial score (nSPS) is 13.5. The van der Waals surface area contributed by atoms with Crippen LogP contribution in [0.25, 0.3) is 0 Å². The number of nitrogens with zero attached hydrogens (tertiary/aromatic N) is 2. The monoisotopic (exact) mass is 357 g/mol. The van der Waals surface area contributed by atoms with Gasteiger partial charge in [0.15, 0.2) is 5.96 Å². The maximum Gasteiger partial charge on any atom is 0.407 e. The lowest BCUT2D eigenvalue weighted by Gasteiger charge is -2.24. The van der Waals surface area contributed by atoms with Gasteiger partial charge in [-0.2, -0.15) is 0 Å². The van der Waals surface area contributed by atoms with Crippen LogP contribution in [0, 0.1) is 0 Å². The van der Waals surface area contributed by atoms with Gasteiger partial charge in [0.2, 0.25) is 0 Å². The Balaban J connectivity index is 4.05. The second kappa shape index (κ2) is 12.8. The van der Waals surface area contributed by atoms with E-state index in [2.05, 4.69) is 46.7 Å². The number of ether oxygens (including phenoxy) is 1. The van der Waals surface area contributed by atoms with Crippen LogP contribution in [0.4, 0.5) is 4.79 Å². The molecule has 7 heteroatoms. The lowest BCUT2D eigenvalue weighted by atomic mass is 10.2. The Hall–Kier alpha value is -1.50. The average Bonchev–Trinajstić information content (AvgIpc) is 2.51. The zero-order valence-electron chi connectivity index (χ0n) is 17.2. The van der Waals surface area contributed by atoms with Crippen LogP contribution in [-0.2, 0) is 4.74 Å². The Bertz CT molecular complexity index is 393. The molecule has 1 unspecified atom stereocenters. The highest BCUT2D eigenvalue weighted by Gasteiger charge is 2.15. The molecule has 0 bridgehead atoms. The summed E-state index contributed by atoms with van der Waals surface area (Å²) >= 11 is 0. The molecule has 0 aromatic carbocycles. The van der Waals surface area contributed by atoms with Crippen LogP contribution in [0.15, 0.2) is 4.99 Å². The van der Waals surface area contributed by atoms with Crippen molar-refractivity contribution in [3.63, 3.8) is 0 Å². The lowest BCUT2D eigenvalue weighted by molar-refractivity contribution is 0.0527. The topological polar surface area (TPSA) is 78.0 Å². The van der Waals surface area contributed by atoms with Crippen molar-refractivity contribution in [2.75, 3.05) is 39.8 Å². The van der Waals surface area contributed by atoms with Crippen LogP contribution in [0.3, 0.4) is 0 Å². The molecule has 0 rings (SSSR count). The van der Waals surface area contributed by atoms with Crippen molar-refractivity contribution in [1.29, 1.82) is 0 Å². The summed E-state index contributed by atoms with van der Waals surface area (Å²) in [6.45, 7) is 15.9. The lowest BCUT2D eigenvalue weighted by Crippen LogP contribution is -2.42. The highest BCUT2D eigenvalue weighted by atomic mass is 16.6. The number of carbonyl (C=O) groups is 1. The molecule has 7 nitrogen and oxygen atoms in total. The van der Waals surface area contributed by atoms with Crippen molar-refractivity contribution < 1.29 is 9.53 Å². The fourth-order valence-electron chi connectivity index (χ4n) is 2.00. The number of guanidine groups is 1. The number of alkyl carbamates (subject to hydrolysis) is 1. The van der Waals surface area contributed by atoms with Crippen LogP contribution in [-0.4, -0.2) is 68.4 Å². The molecule has 0 aliphatic rings. The van der Waals surface area contributed by atoms with Gasteiger partial charge in [-0.25, -0.2) is 4.79 Å². The van der Waals surface area contributed by atoms with E-state index in [1.807, 2.05) is 27.7 Å². The molecule has 3 N–H and O–H groups in total. The Morgan fingerprint density at radius 2 is 1.84 bits per heavy atom. The summed E-state index contributed by atoms with van der Waals surface area (Å²) in [6, 6.07) is 0.584. The summed E-state index contributed by atoms with van der Waals surface area (Å²) in [5.74, 6) is 0.817. The van der Waals surface area contributed by atoms with Gasteiger partial charge in [-0.15, -0.1) is 0 Å². The number of aliphatic imine (C=N–C) groups is 1. The average molecular weight is 358 g/mol. The van der Waals surface area contributed by atoms with Gasteiger partial charge in [0.05, 0.1) is 0 Å². The van der Waals surface area contributed by atoms with Gasteiger partial charge in [0.1, 0.15) is 5.60 Å². The summed E-state index contributed by atoms with van der Waals surface area (Å²) in [5, 5.41) is 9.33. The van der Waals surface area contributed by atoms with Crippen molar-refractivity contribution in [1.82, 2.24) is 20.9 Å². The zero-order valence-corrected chi connectivity index (χ0v) is 17.2. The summed E-state index contributed by atoms with van der Waals surface area (Å²) < 4.78 is 5.19. The van der Waals surface area contributed by atoms with E-state index in [9.17, 15) is 4.79 Å². The van der Waals surface area contributed by atoms with E-state index >= 15 is 0 Å². The number of amides is 1. The second-order valence-electron chi connectivity index (χ2n) is 7.21. The van der Waals surface area contributed by atoms with Crippen molar-refractivity contribution >= 4 is 12.1 Å². The van der Waals surface area contributed by atoms with Crippen molar-refractivity contribution in [3.05, 3.63) is 0 Å². The van der Waals surface area contributed by atoms with Gasteiger partial charge < -0.3 is 25.6 Å². The van der Waals surface area contributed by atoms with Crippen LogP contribution in [0.2, 0.25) is 0 Å². The number of carbonyl (C=O) groups excluding carboxylic acids is 1. The Labute approximate surface area is 154 Å².